The molecule has 5 nitrogen and oxygen atoms in total. The number of fused-ring (bicyclic) bond motifs is 1. The smallest absolute Gasteiger partial charge is 0.265 e. The van der Waals surface area contributed by atoms with E-state index >= 15 is 0 Å². The van der Waals surface area contributed by atoms with Crippen LogP contribution in [0.4, 0.5) is 11.4 Å². The Bertz CT molecular complexity index is 1020. The molecule has 3 aromatic rings. The lowest BCUT2D eigenvalue weighted by molar-refractivity contribution is -0.122. The first kappa shape index (κ1) is 18.6. The monoisotopic (exact) mass is 410 g/mol. The van der Waals surface area contributed by atoms with Gasteiger partial charge < -0.3 is 15.4 Å². The van der Waals surface area contributed by atoms with E-state index in [-0.39, 0.29) is 11.8 Å². The molecule has 28 heavy (non-hydrogen) atoms. The van der Waals surface area contributed by atoms with E-state index in [2.05, 4.69) is 16.7 Å². The molecule has 0 aliphatic carbocycles. The predicted molar refractivity (Wildman–Crippen MR) is 113 cm³/mol. The van der Waals surface area contributed by atoms with E-state index in [9.17, 15) is 9.59 Å². The van der Waals surface area contributed by atoms with Crippen LogP contribution in [0.3, 0.4) is 0 Å². The minimum absolute atomic E-state index is 0.189. The van der Waals surface area contributed by atoms with Crippen LogP contribution in [0.15, 0.2) is 64.9 Å². The van der Waals surface area contributed by atoms with E-state index in [4.69, 9.17) is 4.74 Å². The molecule has 0 saturated carbocycles. The van der Waals surface area contributed by atoms with Gasteiger partial charge in [0, 0.05) is 21.2 Å². The molecule has 142 valence electrons. The highest BCUT2D eigenvalue weighted by Gasteiger charge is 2.23. The third kappa shape index (κ3) is 4.05. The van der Waals surface area contributed by atoms with E-state index in [0.717, 1.165) is 10.6 Å². The standard InChI is InChI=1S/C21H18N2O3S2/c1-13-20(24)23-17-11-14(8-9-18(17)26-13)22-21(25)16-6-2-3-7-19(16)28-12-15-5-4-10-27-15/h2-11,13H,12H2,1H3,(H,22,25)(H,23,24). The molecule has 7 heteroatoms. The maximum absolute atomic E-state index is 12.8. The number of carbonyl (C=O) groups is 2. The van der Waals surface area contributed by atoms with Crippen LogP contribution in [0.25, 0.3) is 0 Å². The van der Waals surface area contributed by atoms with Gasteiger partial charge in [0.2, 0.25) is 0 Å². The number of ether oxygens (including phenoxy) is 1. The van der Waals surface area contributed by atoms with Crippen LogP contribution >= 0.6 is 23.1 Å². The normalized spacial score (nSPS) is 15.3. The third-order valence-corrected chi connectivity index (χ3v) is 6.43. The molecule has 2 aromatic carbocycles. The molecule has 1 aliphatic rings. The van der Waals surface area contributed by atoms with Gasteiger partial charge >= 0.3 is 0 Å². The van der Waals surface area contributed by atoms with Crippen molar-refractivity contribution in [2.45, 2.75) is 23.7 Å². The highest BCUT2D eigenvalue weighted by molar-refractivity contribution is 7.98. The molecular formula is C21H18N2O3S2. The van der Waals surface area contributed by atoms with Gasteiger partial charge in [-0.2, -0.15) is 0 Å². The summed E-state index contributed by atoms with van der Waals surface area (Å²) in [5, 5.41) is 7.75. The molecule has 0 fully saturated rings. The van der Waals surface area contributed by atoms with E-state index in [1.807, 2.05) is 35.7 Å². The summed E-state index contributed by atoms with van der Waals surface area (Å²) in [7, 11) is 0. The molecule has 2 heterocycles. The Kier molecular flexibility index (Phi) is 5.36. The number of hydrogen-bond donors (Lipinski definition) is 2. The van der Waals surface area contributed by atoms with Crippen molar-refractivity contribution in [2.24, 2.45) is 0 Å². The largest absolute Gasteiger partial charge is 0.479 e. The quantitative estimate of drug-likeness (QED) is 0.580. The molecule has 1 aliphatic heterocycles. The fraction of sp³-hybridized carbons (Fsp3) is 0.143. The van der Waals surface area contributed by atoms with E-state index < -0.39 is 6.10 Å². The fourth-order valence-corrected chi connectivity index (χ4v) is 4.63. The maximum Gasteiger partial charge on any atom is 0.265 e. The second-order valence-electron chi connectivity index (χ2n) is 6.28. The summed E-state index contributed by atoms with van der Waals surface area (Å²) in [6.07, 6.45) is -0.528. The van der Waals surface area contributed by atoms with Gasteiger partial charge in [-0.1, -0.05) is 18.2 Å². The van der Waals surface area contributed by atoms with Crippen molar-refractivity contribution >= 4 is 46.3 Å². The lowest BCUT2D eigenvalue weighted by atomic mass is 10.2. The molecule has 1 atom stereocenters. The van der Waals surface area contributed by atoms with Crippen LogP contribution in [0.2, 0.25) is 0 Å². The SMILES string of the molecule is CC1Oc2ccc(NC(=O)c3ccccc3SCc3cccs3)cc2NC1=O. The average molecular weight is 411 g/mol. The van der Waals surface area contributed by atoms with Gasteiger partial charge in [-0.3, -0.25) is 9.59 Å². The number of rotatable bonds is 5. The summed E-state index contributed by atoms with van der Waals surface area (Å²) in [6.45, 7) is 1.69. The molecule has 0 radical (unpaired) electrons. The van der Waals surface area contributed by atoms with Crippen LogP contribution in [0, 0.1) is 0 Å². The number of benzene rings is 2. The van der Waals surface area contributed by atoms with Crippen molar-refractivity contribution in [3.63, 3.8) is 0 Å². The van der Waals surface area contributed by atoms with Crippen molar-refractivity contribution in [1.29, 1.82) is 0 Å². The maximum atomic E-state index is 12.8. The summed E-state index contributed by atoms with van der Waals surface area (Å²) in [6, 6.07) is 16.9. The summed E-state index contributed by atoms with van der Waals surface area (Å²) < 4.78 is 5.55. The number of carbonyl (C=O) groups excluding carboxylic acids is 2. The van der Waals surface area contributed by atoms with Crippen LogP contribution < -0.4 is 15.4 Å². The fourth-order valence-electron chi connectivity index (χ4n) is 2.81. The Labute approximate surface area is 171 Å². The summed E-state index contributed by atoms with van der Waals surface area (Å²) in [4.78, 5) is 26.8. The van der Waals surface area contributed by atoms with Crippen molar-refractivity contribution in [2.75, 3.05) is 10.6 Å². The zero-order valence-electron chi connectivity index (χ0n) is 15.1. The van der Waals surface area contributed by atoms with Crippen LogP contribution in [0.1, 0.15) is 22.2 Å². The molecule has 4 rings (SSSR count). The number of thioether (sulfide) groups is 1. The van der Waals surface area contributed by atoms with Gasteiger partial charge in [0.1, 0.15) is 5.75 Å². The van der Waals surface area contributed by atoms with Crippen LogP contribution in [0.5, 0.6) is 5.75 Å². The molecule has 0 saturated heterocycles. The van der Waals surface area contributed by atoms with E-state index in [1.54, 1.807) is 48.2 Å². The minimum atomic E-state index is -0.528. The Morgan fingerprint density at radius 3 is 2.89 bits per heavy atom. The van der Waals surface area contributed by atoms with Crippen molar-refractivity contribution < 1.29 is 14.3 Å². The van der Waals surface area contributed by atoms with Gasteiger partial charge in [0.05, 0.1) is 11.3 Å². The van der Waals surface area contributed by atoms with Crippen LogP contribution in [-0.2, 0) is 10.5 Å². The topological polar surface area (TPSA) is 67.4 Å². The molecule has 1 aromatic heterocycles. The minimum Gasteiger partial charge on any atom is -0.479 e. The molecular weight excluding hydrogens is 392 g/mol. The van der Waals surface area contributed by atoms with Gasteiger partial charge in [-0.15, -0.1) is 23.1 Å². The second kappa shape index (κ2) is 8.08. The first-order chi connectivity index (χ1) is 13.6. The van der Waals surface area contributed by atoms with Gasteiger partial charge in [-0.05, 0) is 48.7 Å². The first-order valence-corrected chi connectivity index (χ1v) is 10.6. The molecule has 2 amide bonds. The molecule has 0 spiro atoms. The summed E-state index contributed by atoms with van der Waals surface area (Å²) in [5.41, 5.74) is 1.78. The Morgan fingerprint density at radius 2 is 2.07 bits per heavy atom. The number of thiophene rings is 1. The zero-order chi connectivity index (χ0) is 19.5. The molecule has 1 unspecified atom stereocenters. The Balaban J connectivity index is 1.50. The predicted octanol–water partition coefficient (Wildman–Crippen LogP) is 5.01. The number of nitrogens with one attached hydrogen (secondary N) is 2. The van der Waals surface area contributed by atoms with Crippen molar-refractivity contribution in [3.8, 4) is 5.75 Å². The van der Waals surface area contributed by atoms with Crippen molar-refractivity contribution in [3.05, 3.63) is 70.4 Å². The Morgan fingerprint density at radius 1 is 1.21 bits per heavy atom. The first-order valence-electron chi connectivity index (χ1n) is 8.77. The number of hydrogen-bond acceptors (Lipinski definition) is 5. The van der Waals surface area contributed by atoms with E-state index in [0.29, 0.717) is 22.7 Å². The number of anilines is 2. The summed E-state index contributed by atoms with van der Waals surface area (Å²) >= 11 is 3.34. The third-order valence-electron chi connectivity index (χ3n) is 4.25. The zero-order valence-corrected chi connectivity index (χ0v) is 16.7. The lowest BCUT2D eigenvalue weighted by Gasteiger charge is -2.23. The summed E-state index contributed by atoms with van der Waals surface area (Å²) in [5.74, 6) is 1.02. The number of amides is 2. The van der Waals surface area contributed by atoms with Gasteiger partial charge in [0.15, 0.2) is 6.10 Å². The molecule has 0 bridgehead atoms. The van der Waals surface area contributed by atoms with Crippen molar-refractivity contribution in [1.82, 2.24) is 0 Å². The average Bonchev–Trinajstić information content (AvgIpc) is 3.21. The highest BCUT2D eigenvalue weighted by atomic mass is 32.2. The molecule has 2 N–H and O–H groups in total. The second-order valence-corrected chi connectivity index (χ2v) is 8.33. The van der Waals surface area contributed by atoms with E-state index in [1.165, 1.54) is 4.88 Å². The highest BCUT2D eigenvalue weighted by Crippen LogP contribution is 2.33. The van der Waals surface area contributed by atoms with Gasteiger partial charge in [0.25, 0.3) is 11.8 Å². The van der Waals surface area contributed by atoms with Crippen LogP contribution in [-0.4, -0.2) is 17.9 Å². The lowest BCUT2D eigenvalue weighted by Crippen LogP contribution is -2.34. The van der Waals surface area contributed by atoms with Gasteiger partial charge in [-0.25, -0.2) is 0 Å². The Hall–Kier alpha value is -2.77.